The molecule has 74 valence electrons. The summed E-state index contributed by atoms with van der Waals surface area (Å²) in [7, 11) is 0. The van der Waals surface area contributed by atoms with Crippen LogP contribution in [0.3, 0.4) is 0 Å². The molecule has 2 rings (SSSR count). The maximum Gasteiger partial charge on any atom is 0.0629 e. The van der Waals surface area contributed by atoms with Gasteiger partial charge in [0, 0.05) is 6.61 Å². The fourth-order valence-electron chi connectivity index (χ4n) is 3.22. The molecule has 0 aromatic heterocycles. The maximum absolute atomic E-state index is 10.00. The van der Waals surface area contributed by atoms with Crippen molar-refractivity contribution in [2.24, 2.45) is 23.7 Å². The van der Waals surface area contributed by atoms with E-state index >= 15 is 0 Å². The quantitative estimate of drug-likeness (QED) is 0.630. The van der Waals surface area contributed by atoms with Gasteiger partial charge >= 0.3 is 0 Å². The summed E-state index contributed by atoms with van der Waals surface area (Å²) in [6.45, 7) is 3.92. The lowest BCUT2D eigenvalue weighted by molar-refractivity contribution is -0.0287. The van der Waals surface area contributed by atoms with E-state index in [1.54, 1.807) is 0 Å². The highest BCUT2D eigenvalue weighted by Crippen LogP contribution is 2.51. The van der Waals surface area contributed by atoms with Crippen molar-refractivity contribution in [1.29, 1.82) is 0 Å². The second-order valence-corrected chi connectivity index (χ2v) is 4.97. The van der Waals surface area contributed by atoms with E-state index in [0.29, 0.717) is 11.8 Å². The maximum atomic E-state index is 10.00. The van der Waals surface area contributed by atoms with Gasteiger partial charge in [-0.05, 0) is 43.9 Å². The monoisotopic (exact) mass is 182 g/mol. The van der Waals surface area contributed by atoms with E-state index in [1.807, 2.05) is 13.8 Å². The Morgan fingerprint density at radius 1 is 1.31 bits per heavy atom. The van der Waals surface area contributed by atoms with E-state index in [2.05, 4.69) is 12.2 Å². The average molecular weight is 182 g/mol. The zero-order valence-corrected chi connectivity index (χ0v) is 8.27. The highest BCUT2D eigenvalue weighted by atomic mass is 16.3. The Balaban J connectivity index is 2.23. The molecule has 4 atom stereocenters. The summed E-state index contributed by atoms with van der Waals surface area (Å²) in [5.41, 5.74) is -0.655. The molecule has 2 nitrogen and oxygen atoms in total. The molecule has 1 saturated carbocycles. The van der Waals surface area contributed by atoms with Crippen LogP contribution in [0, 0.1) is 23.7 Å². The second kappa shape index (κ2) is 2.82. The molecular weight excluding hydrogens is 164 g/mol. The minimum absolute atomic E-state index is 0.208. The van der Waals surface area contributed by atoms with E-state index in [-0.39, 0.29) is 18.4 Å². The second-order valence-electron chi connectivity index (χ2n) is 4.97. The molecule has 1 fully saturated rings. The van der Waals surface area contributed by atoms with Crippen molar-refractivity contribution in [3.8, 4) is 0 Å². The number of aliphatic hydroxyl groups is 2. The van der Waals surface area contributed by atoms with Gasteiger partial charge in [0.15, 0.2) is 0 Å². The molecule has 0 radical (unpaired) electrons. The van der Waals surface area contributed by atoms with E-state index in [1.165, 1.54) is 0 Å². The van der Waals surface area contributed by atoms with Crippen LogP contribution in [-0.4, -0.2) is 22.4 Å². The smallest absolute Gasteiger partial charge is 0.0629 e. The molecule has 0 heterocycles. The fourth-order valence-corrected chi connectivity index (χ4v) is 3.22. The number of hydrogen-bond acceptors (Lipinski definition) is 2. The summed E-state index contributed by atoms with van der Waals surface area (Å²) >= 11 is 0. The number of rotatable bonds is 2. The van der Waals surface area contributed by atoms with Crippen molar-refractivity contribution in [2.75, 3.05) is 6.61 Å². The highest BCUT2D eigenvalue weighted by Gasteiger charge is 2.49. The molecule has 2 aliphatic carbocycles. The summed E-state index contributed by atoms with van der Waals surface area (Å²) < 4.78 is 0. The van der Waals surface area contributed by atoms with Gasteiger partial charge in [0.2, 0.25) is 0 Å². The SMILES string of the molecule is CC(C)(O)[C@H]1[C@@H](CO)[C@H]2C=C[C@@H]1C2. The van der Waals surface area contributed by atoms with Gasteiger partial charge in [0.05, 0.1) is 5.60 Å². The Bertz CT molecular complexity index is 227. The Kier molecular flexibility index (Phi) is 2.00. The van der Waals surface area contributed by atoms with Crippen LogP contribution in [0.5, 0.6) is 0 Å². The van der Waals surface area contributed by atoms with Crippen molar-refractivity contribution >= 4 is 0 Å². The van der Waals surface area contributed by atoms with E-state index in [0.717, 1.165) is 6.42 Å². The molecule has 2 heteroatoms. The number of allylic oxidation sites excluding steroid dienone is 2. The van der Waals surface area contributed by atoms with Gasteiger partial charge < -0.3 is 10.2 Å². The number of hydrogen-bond donors (Lipinski definition) is 2. The Labute approximate surface area is 79.3 Å². The van der Waals surface area contributed by atoms with Crippen LogP contribution in [0.4, 0.5) is 0 Å². The number of fused-ring (bicyclic) bond motifs is 2. The fraction of sp³-hybridized carbons (Fsp3) is 0.818. The lowest BCUT2D eigenvalue weighted by atomic mass is 9.74. The predicted molar refractivity (Wildman–Crippen MR) is 51.1 cm³/mol. The van der Waals surface area contributed by atoms with Gasteiger partial charge in [0.25, 0.3) is 0 Å². The van der Waals surface area contributed by atoms with Crippen molar-refractivity contribution in [2.45, 2.75) is 25.9 Å². The summed E-state index contributed by atoms with van der Waals surface area (Å²) in [5.74, 6) is 1.51. The number of aliphatic hydroxyl groups excluding tert-OH is 1. The van der Waals surface area contributed by atoms with Gasteiger partial charge in [-0.2, -0.15) is 0 Å². The topological polar surface area (TPSA) is 40.5 Å². The highest BCUT2D eigenvalue weighted by molar-refractivity contribution is 5.16. The first kappa shape index (κ1) is 9.22. The van der Waals surface area contributed by atoms with Crippen LogP contribution in [0.2, 0.25) is 0 Å². The molecule has 0 unspecified atom stereocenters. The normalized spacial score (nSPS) is 43.1. The minimum atomic E-state index is -0.655. The summed E-state index contributed by atoms with van der Waals surface area (Å²) in [6.07, 6.45) is 5.53. The van der Waals surface area contributed by atoms with Crippen molar-refractivity contribution in [3.05, 3.63) is 12.2 Å². The molecule has 13 heavy (non-hydrogen) atoms. The lowest BCUT2D eigenvalue weighted by Crippen LogP contribution is -2.40. The molecule has 2 N–H and O–H groups in total. The lowest BCUT2D eigenvalue weighted by Gasteiger charge is -2.36. The zero-order valence-electron chi connectivity index (χ0n) is 8.27. The first-order chi connectivity index (χ1) is 6.04. The molecule has 0 spiro atoms. The summed E-state index contributed by atoms with van der Waals surface area (Å²) in [4.78, 5) is 0. The van der Waals surface area contributed by atoms with Crippen molar-refractivity contribution in [1.82, 2.24) is 0 Å². The average Bonchev–Trinajstić information content (AvgIpc) is 2.59. The van der Waals surface area contributed by atoms with Crippen LogP contribution in [0.1, 0.15) is 20.3 Å². The first-order valence-electron chi connectivity index (χ1n) is 5.05. The Hall–Kier alpha value is -0.340. The third-order valence-corrected chi connectivity index (χ3v) is 3.65. The van der Waals surface area contributed by atoms with Gasteiger partial charge in [-0.1, -0.05) is 12.2 Å². The molecule has 0 saturated heterocycles. The van der Waals surface area contributed by atoms with E-state index in [9.17, 15) is 10.2 Å². The third-order valence-electron chi connectivity index (χ3n) is 3.65. The van der Waals surface area contributed by atoms with Crippen molar-refractivity contribution in [3.63, 3.8) is 0 Å². The van der Waals surface area contributed by atoms with Crippen LogP contribution in [0.25, 0.3) is 0 Å². The first-order valence-corrected chi connectivity index (χ1v) is 5.05. The summed E-state index contributed by atoms with van der Waals surface area (Å²) in [6, 6.07) is 0. The van der Waals surface area contributed by atoms with Gasteiger partial charge in [-0.15, -0.1) is 0 Å². The van der Waals surface area contributed by atoms with E-state index in [4.69, 9.17) is 0 Å². The van der Waals surface area contributed by atoms with Gasteiger partial charge in [-0.25, -0.2) is 0 Å². The van der Waals surface area contributed by atoms with Crippen LogP contribution in [-0.2, 0) is 0 Å². The largest absolute Gasteiger partial charge is 0.396 e. The molecule has 2 aliphatic rings. The van der Waals surface area contributed by atoms with Gasteiger partial charge in [0.1, 0.15) is 0 Å². The molecule has 0 amide bonds. The standard InChI is InChI=1S/C11H18O2/c1-11(2,13)10-8-4-3-7(5-8)9(10)6-12/h3-4,7-10,12-13H,5-6H2,1-2H3/t7-,8+,9-,10+/m0/s1. The summed E-state index contributed by atoms with van der Waals surface area (Å²) in [5, 5.41) is 19.3. The van der Waals surface area contributed by atoms with Crippen LogP contribution < -0.4 is 0 Å². The zero-order chi connectivity index (χ0) is 9.64. The molecule has 0 aromatic carbocycles. The molecule has 0 aromatic rings. The third kappa shape index (κ3) is 1.32. The van der Waals surface area contributed by atoms with Gasteiger partial charge in [-0.3, -0.25) is 0 Å². The molecular formula is C11H18O2. The molecule has 0 aliphatic heterocycles. The predicted octanol–water partition coefficient (Wildman–Crippen LogP) is 1.19. The van der Waals surface area contributed by atoms with Crippen molar-refractivity contribution < 1.29 is 10.2 Å². The minimum Gasteiger partial charge on any atom is -0.396 e. The van der Waals surface area contributed by atoms with E-state index < -0.39 is 5.60 Å². The van der Waals surface area contributed by atoms with Crippen LogP contribution in [0.15, 0.2) is 12.2 Å². The molecule has 2 bridgehead atoms. The Morgan fingerprint density at radius 2 is 1.92 bits per heavy atom. The van der Waals surface area contributed by atoms with Crippen LogP contribution >= 0.6 is 0 Å². The Morgan fingerprint density at radius 3 is 2.38 bits per heavy atom.